The first-order chi connectivity index (χ1) is 20.4. The van der Waals surface area contributed by atoms with Crippen LogP contribution in [-0.4, -0.2) is 47.9 Å². The molecule has 13 heteroatoms. The highest BCUT2D eigenvalue weighted by molar-refractivity contribution is 6.09. The van der Waals surface area contributed by atoms with E-state index in [0.29, 0.717) is 46.6 Å². The molecule has 3 aromatic rings. The van der Waals surface area contributed by atoms with Crippen LogP contribution in [0.15, 0.2) is 48.5 Å². The molecule has 0 aliphatic carbocycles. The lowest BCUT2D eigenvalue weighted by atomic mass is 9.92. The summed E-state index contributed by atoms with van der Waals surface area (Å²) in [5.74, 6) is -0.669. The molecule has 0 spiro atoms. The highest BCUT2D eigenvalue weighted by atomic mass is 35.5. The predicted octanol–water partition coefficient (Wildman–Crippen LogP) is 7.97. The summed E-state index contributed by atoms with van der Waals surface area (Å²) in [6, 6.07) is 12.6. The Kier molecular flexibility index (Phi) is 12.2. The predicted molar refractivity (Wildman–Crippen MR) is 164 cm³/mol. The average Bonchev–Trinajstić information content (AvgIpc) is 2.99. The van der Waals surface area contributed by atoms with Crippen molar-refractivity contribution < 1.29 is 31.1 Å². The summed E-state index contributed by atoms with van der Waals surface area (Å²) in [4.78, 5) is 18.4. The standard InChI is InChI=1S/C32H32F6N4O.2ClH/c33-31(34,35)24-14-21(15-25(17-24)32(36,37)38)19-40-30(43)29-27-7-3-2-6-22(27)16-23(18-39)28(29)20-41-12-8-26(9-13-41)42-10-4-1-5-11-42;;/h2-3,6-7,14-17,26H,1,4-5,8-13,19-20H2,(H,40,43);2*1H. The Labute approximate surface area is 270 Å². The van der Waals surface area contributed by atoms with E-state index < -0.39 is 35.9 Å². The van der Waals surface area contributed by atoms with Crippen LogP contribution in [-0.2, 0) is 25.4 Å². The van der Waals surface area contributed by atoms with E-state index in [1.165, 1.54) is 19.3 Å². The summed E-state index contributed by atoms with van der Waals surface area (Å²) in [5, 5.41) is 13.8. The number of benzene rings is 3. The van der Waals surface area contributed by atoms with Gasteiger partial charge in [0, 0.05) is 19.1 Å². The molecule has 1 amide bonds. The van der Waals surface area contributed by atoms with Gasteiger partial charge in [0.1, 0.15) is 0 Å². The number of carbonyl (C=O) groups excluding carboxylic acids is 1. The summed E-state index contributed by atoms with van der Waals surface area (Å²) in [7, 11) is 0. The number of hydrogen-bond acceptors (Lipinski definition) is 4. The first-order valence-electron chi connectivity index (χ1n) is 14.4. The van der Waals surface area contributed by atoms with Crippen molar-refractivity contribution in [3.05, 3.63) is 81.9 Å². The molecule has 5 rings (SSSR count). The number of amides is 1. The Hall–Kier alpha value is -3.04. The first-order valence-corrected chi connectivity index (χ1v) is 14.4. The van der Waals surface area contributed by atoms with Crippen molar-refractivity contribution in [3.63, 3.8) is 0 Å². The Morgan fingerprint density at radius 3 is 2.04 bits per heavy atom. The third-order valence-electron chi connectivity index (χ3n) is 8.45. The minimum Gasteiger partial charge on any atom is -0.348 e. The maximum absolute atomic E-state index is 13.7. The normalized spacial score (nSPS) is 16.8. The molecule has 0 unspecified atom stereocenters. The SMILES string of the molecule is Cl.Cl.N#Cc1cc2ccccc2c(C(=O)NCc2cc(C(F)(F)F)cc(C(F)(F)F)c2)c1CN1CCC(N2CCCCC2)CC1. The van der Waals surface area contributed by atoms with Crippen molar-refractivity contribution in [1.82, 2.24) is 15.1 Å². The van der Waals surface area contributed by atoms with Gasteiger partial charge >= 0.3 is 12.4 Å². The zero-order chi connectivity index (χ0) is 30.8. The Morgan fingerprint density at radius 2 is 1.47 bits per heavy atom. The highest BCUT2D eigenvalue weighted by Crippen LogP contribution is 2.36. The zero-order valence-electron chi connectivity index (χ0n) is 24.3. The van der Waals surface area contributed by atoms with E-state index in [1.54, 1.807) is 30.3 Å². The van der Waals surface area contributed by atoms with Gasteiger partial charge in [-0.25, -0.2) is 0 Å². The molecule has 0 radical (unpaired) electrons. The first kappa shape index (κ1) is 36.4. The molecule has 0 aromatic heterocycles. The van der Waals surface area contributed by atoms with Crippen LogP contribution in [0, 0.1) is 11.3 Å². The number of alkyl halides is 6. The molecular formula is C32H34Cl2F6N4O. The number of piperidine rings is 2. The fraction of sp³-hybridized carbons (Fsp3) is 0.438. The third-order valence-corrected chi connectivity index (χ3v) is 8.45. The minimum absolute atomic E-state index is 0. The Balaban J connectivity index is 0.00000276. The zero-order valence-corrected chi connectivity index (χ0v) is 25.9. The van der Waals surface area contributed by atoms with Crippen LogP contribution in [0.4, 0.5) is 26.3 Å². The van der Waals surface area contributed by atoms with Crippen LogP contribution in [0.5, 0.6) is 0 Å². The van der Waals surface area contributed by atoms with Crippen molar-refractivity contribution in [2.45, 2.75) is 63.6 Å². The van der Waals surface area contributed by atoms with E-state index in [4.69, 9.17) is 0 Å². The summed E-state index contributed by atoms with van der Waals surface area (Å²) in [5.41, 5.74) is -2.22. The lowest BCUT2D eigenvalue weighted by Gasteiger charge is -2.40. The van der Waals surface area contributed by atoms with Crippen molar-refractivity contribution in [2.75, 3.05) is 26.2 Å². The number of nitrogens with zero attached hydrogens (tertiary/aromatic N) is 3. The van der Waals surface area contributed by atoms with Gasteiger partial charge < -0.3 is 10.2 Å². The van der Waals surface area contributed by atoms with Crippen LogP contribution in [0.25, 0.3) is 10.8 Å². The van der Waals surface area contributed by atoms with Crippen LogP contribution in [0.2, 0.25) is 0 Å². The molecule has 2 aliphatic rings. The van der Waals surface area contributed by atoms with Crippen molar-refractivity contribution >= 4 is 41.5 Å². The summed E-state index contributed by atoms with van der Waals surface area (Å²) < 4.78 is 80.2. The van der Waals surface area contributed by atoms with E-state index in [2.05, 4.69) is 21.2 Å². The number of fused-ring (bicyclic) bond motifs is 1. The summed E-state index contributed by atoms with van der Waals surface area (Å²) in [6.07, 6.45) is -4.38. The molecule has 0 saturated carbocycles. The number of rotatable bonds is 6. The van der Waals surface area contributed by atoms with Crippen molar-refractivity contribution in [1.29, 1.82) is 5.26 Å². The topological polar surface area (TPSA) is 59.4 Å². The van der Waals surface area contributed by atoms with Crippen LogP contribution in [0.1, 0.15) is 70.3 Å². The molecule has 0 atom stereocenters. The molecule has 1 N–H and O–H groups in total. The van der Waals surface area contributed by atoms with Gasteiger partial charge in [-0.1, -0.05) is 30.7 Å². The van der Waals surface area contributed by atoms with E-state index >= 15 is 0 Å². The smallest absolute Gasteiger partial charge is 0.348 e. The largest absolute Gasteiger partial charge is 0.416 e. The second kappa shape index (κ2) is 15.0. The number of halogens is 8. The molecule has 5 nitrogen and oxygen atoms in total. The minimum atomic E-state index is -4.99. The van der Waals surface area contributed by atoms with E-state index in [1.807, 2.05) is 0 Å². The Morgan fingerprint density at radius 1 is 0.867 bits per heavy atom. The lowest BCUT2D eigenvalue weighted by molar-refractivity contribution is -0.143. The van der Waals surface area contributed by atoms with Crippen molar-refractivity contribution in [3.8, 4) is 6.07 Å². The molecular weight excluding hydrogens is 641 g/mol. The van der Waals surface area contributed by atoms with Gasteiger partial charge in [-0.2, -0.15) is 31.6 Å². The van der Waals surface area contributed by atoms with Gasteiger partial charge in [0.05, 0.1) is 28.3 Å². The van der Waals surface area contributed by atoms with Gasteiger partial charge in [0.2, 0.25) is 0 Å². The van der Waals surface area contributed by atoms with Crippen LogP contribution in [0.3, 0.4) is 0 Å². The third kappa shape index (κ3) is 8.61. The maximum Gasteiger partial charge on any atom is 0.416 e. The maximum atomic E-state index is 13.7. The quantitative estimate of drug-likeness (QED) is 0.270. The molecule has 0 bridgehead atoms. The number of nitriles is 1. The molecule has 3 aromatic carbocycles. The highest BCUT2D eigenvalue weighted by Gasteiger charge is 2.37. The van der Waals surface area contributed by atoms with Crippen LogP contribution < -0.4 is 5.32 Å². The second-order valence-electron chi connectivity index (χ2n) is 11.3. The number of hydrogen-bond donors (Lipinski definition) is 1. The van der Waals surface area contributed by atoms with E-state index in [9.17, 15) is 36.4 Å². The Bertz CT molecular complexity index is 1490. The van der Waals surface area contributed by atoms with Crippen molar-refractivity contribution in [2.24, 2.45) is 0 Å². The number of likely N-dealkylation sites (tertiary alicyclic amines) is 2. The van der Waals surface area contributed by atoms with Gasteiger partial charge in [-0.3, -0.25) is 9.69 Å². The fourth-order valence-corrected chi connectivity index (χ4v) is 6.26. The molecule has 45 heavy (non-hydrogen) atoms. The summed E-state index contributed by atoms with van der Waals surface area (Å²) >= 11 is 0. The molecule has 2 aliphatic heterocycles. The number of nitrogens with one attached hydrogen (secondary N) is 1. The fourth-order valence-electron chi connectivity index (χ4n) is 6.26. The van der Waals surface area contributed by atoms with Crippen LogP contribution >= 0.6 is 24.8 Å². The molecule has 2 saturated heterocycles. The van der Waals surface area contributed by atoms with E-state index in [0.717, 1.165) is 39.0 Å². The second-order valence-corrected chi connectivity index (χ2v) is 11.3. The monoisotopic (exact) mass is 674 g/mol. The molecule has 2 heterocycles. The van der Waals surface area contributed by atoms with Gasteiger partial charge in [0.15, 0.2) is 0 Å². The summed E-state index contributed by atoms with van der Waals surface area (Å²) in [6.45, 7) is 3.54. The molecule has 244 valence electrons. The number of carbonyl (C=O) groups is 1. The van der Waals surface area contributed by atoms with Gasteiger partial charge in [0.25, 0.3) is 5.91 Å². The van der Waals surface area contributed by atoms with Gasteiger partial charge in [-0.15, -0.1) is 24.8 Å². The van der Waals surface area contributed by atoms with Gasteiger partial charge in [-0.05, 0) is 98.0 Å². The average molecular weight is 676 g/mol. The lowest BCUT2D eigenvalue weighted by Crippen LogP contribution is -2.46. The van der Waals surface area contributed by atoms with E-state index in [-0.39, 0.29) is 42.0 Å². The molecule has 2 fully saturated rings.